The van der Waals surface area contributed by atoms with Crippen molar-refractivity contribution in [1.82, 2.24) is 20.9 Å². The first-order valence-electron chi connectivity index (χ1n) is 10.2. The molecule has 30 heavy (non-hydrogen) atoms. The van der Waals surface area contributed by atoms with Gasteiger partial charge in [-0.25, -0.2) is 0 Å². The number of carbonyl (C=O) groups excluding carboxylic acids is 1. The molecule has 1 amide bonds. The molecule has 0 bridgehead atoms. The van der Waals surface area contributed by atoms with Gasteiger partial charge in [0.1, 0.15) is 0 Å². The number of halogens is 1. The SMILES string of the molecule is CN=C(NCCc1cccc(C(=O)NC)c1)NCCN1CCc2ccccc2C1.I. The predicted molar refractivity (Wildman–Crippen MR) is 134 cm³/mol. The van der Waals surface area contributed by atoms with Crippen LogP contribution in [-0.2, 0) is 19.4 Å². The fraction of sp³-hybridized carbons (Fsp3) is 0.391. The summed E-state index contributed by atoms with van der Waals surface area (Å²) in [4.78, 5) is 18.5. The number of hydrogen-bond acceptors (Lipinski definition) is 3. The lowest BCUT2D eigenvalue weighted by molar-refractivity contribution is 0.0963. The highest BCUT2D eigenvalue weighted by molar-refractivity contribution is 14.0. The molecule has 7 heteroatoms. The fourth-order valence-electron chi connectivity index (χ4n) is 3.64. The molecule has 1 aliphatic heterocycles. The van der Waals surface area contributed by atoms with E-state index in [1.165, 1.54) is 11.1 Å². The van der Waals surface area contributed by atoms with Crippen molar-refractivity contribution >= 4 is 35.8 Å². The first kappa shape index (κ1) is 24.1. The quantitative estimate of drug-likeness (QED) is 0.298. The van der Waals surface area contributed by atoms with E-state index in [9.17, 15) is 4.79 Å². The highest BCUT2D eigenvalue weighted by Gasteiger charge is 2.15. The number of amides is 1. The topological polar surface area (TPSA) is 68.8 Å². The summed E-state index contributed by atoms with van der Waals surface area (Å²) in [6.45, 7) is 4.73. The zero-order valence-electron chi connectivity index (χ0n) is 17.8. The average molecular weight is 521 g/mol. The minimum Gasteiger partial charge on any atom is -0.356 e. The molecule has 0 saturated heterocycles. The summed E-state index contributed by atoms with van der Waals surface area (Å²) in [6.07, 6.45) is 1.95. The Labute approximate surface area is 196 Å². The molecule has 6 nitrogen and oxygen atoms in total. The molecule has 3 rings (SSSR count). The number of hydrogen-bond donors (Lipinski definition) is 3. The molecular formula is C23H32IN5O. The summed E-state index contributed by atoms with van der Waals surface area (Å²) < 4.78 is 0. The maximum absolute atomic E-state index is 11.8. The molecule has 0 saturated carbocycles. The molecule has 3 N–H and O–H groups in total. The van der Waals surface area contributed by atoms with E-state index in [4.69, 9.17) is 0 Å². The van der Waals surface area contributed by atoms with Crippen molar-refractivity contribution in [2.45, 2.75) is 19.4 Å². The molecule has 0 atom stereocenters. The molecule has 1 aliphatic rings. The van der Waals surface area contributed by atoms with Crippen LogP contribution in [0.15, 0.2) is 53.5 Å². The Balaban J connectivity index is 0.00000320. The Morgan fingerprint density at radius 1 is 1.07 bits per heavy atom. The van der Waals surface area contributed by atoms with Gasteiger partial charge in [0.2, 0.25) is 0 Å². The standard InChI is InChI=1S/C23H31N5O.HI/c1-24-22(29)20-9-5-6-18(16-20)10-12-26-23(25-2)27-13-15-28-14-11-19-7-3-4-8-21(19)17-28;/h3-9,16H,10-15,17H2,1-2H3,(H,24,29)(H2,25,26,27);1H. The van der Waals surface area contributed by atoms with Crippen LogP contribution in [0.4, 0.5) is 0 Å². The van der Waals surface area contributed by atoms with Crippen molar-refractivity contribution in [1.29, 1.82) is 0 Å². The third-order valence-corrected chi connectivity index (χ3v) is 5.28. The fourth-order valence-corrected chi connectivity index (χ4v) is 3.64. The van der Waals surface area contributed by atoms with Crippen molar-refractivity contribution in [3.05, 3.63) is 70.8 Å². The van der Waals surface area contributed by atoms with Gasteiger partial charge < -0.3 is 16.0 Å². The van der Waals surface area contributed by atoms with Gasteiger partial charge in [0.05, 0.1) is 0 Å². The van der Waals surface area contributed by atoms with Gasteiger partial charge >= 0.3 is 0 Å². The predicted octanol–water partition coefficient (Wildman–Crippen LogP) is 2.43. The maximum Gasteiger partial charge on any atom is 0.251 e. The second-order valence-electron chi connectivity index (χ2n) is 7.25. The zero-order chi connectivity index (χ0) is 20.5. The highest BCUT2D eigenvalue weighted by Crippen LogP contribution is 2.17. The highest BCUT2D eigenvalue weighted by atomic mass is 127. The summed E-state index contributed by atoms with van der Waals surface area (Å²) in [5.41, 5.74) is 4.74. The molecule has 0 aliphatic carbocycles. The third kappa shape index (κ3) is 6.98. The summed E-state index contributed by atoms with van der Waals surface area (Å²) in [7, 11) is 3.44. The second kappa shape index (κ2) is 12.5. The first-order valence-corrected chi connectivity index (χ1v) is 10.2. The summed E-state index contributed by atoms with van der Waals surface area (Å²) in [6, 6.07) is 16.4. The number of nitrogens with zero attached hydrogens (tertiary/aromatic N) is 2. The van der Waals surface area contributed by atoms with Crippen LogP contribution in [0.1, 0.15) is 27.0 Å². The molecular weight excluding hydrogens is 489 g/mol. The number of rotatable bonds is 7. The van der Waals surface area contributed by atoms with Gasteiger partial charge in [-0.2, -0.15) is 0 Å². The molecule has 0 unspecified atom stereocenters. The van der Waals surface area contributed by atoms with Crippen molar-refractivity contribution < 1.29 is 4.79 Å². The van der Waals surface area contributed by atoms with E-state index in [0.717, 1.165) is 57.1 Å². The van der Waals surface area contributed by atoms with Gasteiger partial charge in [-0.3, -0.25) is 14.7 Å². The maximum atomic E-state index is 11.8. The van der Waals surface area contributed by atoms with Crippen LogP contribution in [-0.4, -0.2) is 57.0 Å². The van der Waals surface area contributed by atoms with Gasteiger partial charge in [-0.05, 0) is 41.7 Å². The van der Waals surface area contributed by atoms with Crippen LogP contribution in [0, 0.1) is 0 Å². The third-order valence-electron chi connectivity index (χ3n) is 5.28. The molecule has 0 fully saturated rings. The minimum atomic E-state index is -0.0578. The van der Waals surface area contributed by atoms with Crippen LogP contribution >= 0.6 is 24.0 Å². The van der Waals surface area contributed by atoms with Crippen molar-refractivity contribution in [2.24, 2.45) is 4.99 Å². The van der Waals surface area contributed by atoms with Gasteiger partial charge in [0, 0.05) is 52.4 Å². The van der Waals surface area contributed by atoms with Crippen LogP contribution < -0.4 is 16.0 Å². The Bertz CT molecular complexity index is 855. The molecule has 0 radical (unpaired) electrons. The van der Waals surface area contributed by atoms with E-state index < -0.39 is 0 Å². The summed E-state index contributed by atoms with van der Waals surface area (Å²) in [5.74, 6) is 0.752. The van der Waals surface area contributed by atoms with Gasteiger partial charge in [-0.1, -0.05) is 36.4 Å². The molecule has 2 aromatic carbocycles. The van der Waals surface area contributed by atoms with Crippen LogP contribution in [0.3, 0.4) is 0 Å². The number of aliphatic imine (C=N–C) groups is 1. The number of nitrogens with one attached hydrogen (secondary N) is 3. The number of guanidine groups is 1. The van der Waals surface area contributed by atoms with Gasteiger partial charge in [-0.15, -0.1) is 24.0 Å². The number of benzene rings is 2. The van der Waals surface area contributed by atoms with Crippen molar-refractivity contribution in [3.63, 3.8) is 0 Å². The summed E-state index contributed by atoms with van der Waals surface area (Å²) >= 11 is 0. The molecule has 0 spiro atoms. The lowest BCUT2D eigenvalue weighted by atomic mass is 10.00. The molecule has 2 aromatic rings. The Kier molecular flexibility index (Phi) is 10.1. The van der Waals surface area contributed by atoms with E-state index >= 15 is 0 Å². The Hall–Kier alpha value is -2.13. The minimum absolute atomic E-state index is 0. The lowest BCUT2D eigenvalue weighted by Crippen LogP contribution is -2.43. The zero-order valence-corrected chi connectivity index (χ0v) is 20.1. The lowest BCUT2D eigenvalue weighted by Gasteiger charge is -2.28. The largest absolute Gasteiger partial charge is 0.356 e. The monoisotopic (exact) mass is 521 g/mol. The first-order chi connectivity index (χ1) is 14.2. The molecule has 1 heterocycles. The normalized spacial score (nSPS) is 13.7. The molecule has 0 aromatic heterocycles. The van der Waals surface area contributed by atoms with Gasteiger partial charge in [0.15, 0.2) is 5.96 Å². The van der Waals surface area contributed by atoms with Crippen molar-refractivity contribution in [3.8, 4) is 0 Å². The number of carbonyl (C=O) groups is 1. The van der Waals surface area contributed by atoms with Crippen LogP contribution in [0.5, 0.6) is 0 Å². The Morgan fingerprint density at radius 3 is 2.60 bits per heavy atom. The van der Waals surface area contributed by atoms with Crippen LogP contribution in [0.2, 0.25) is 0 Å². The molecule has 162 valence electrons. The van der Waals surface area contributed by atoms with E-state index in [1.54, 1.807) is 14.1 Å². The second-order valence-corrected chi connectivity index (χ2v) is 7.25. The smallest absolute Gasteiger partial charge is 0.251 e. The Morgan fingerprint density at radius 2 is 1.83 bits per heavy atom. The number of fused-ring (bicyclic) bond motifs is 1. The summed E-state index contributed by atoms with van der Waals surface area (Å²) in [5, 5.41) is 9.41. The van der Waals surface area contributed by atoms with E-state index in [-0.39, 0.29) is 29.9 Å². The average Bonchev–Trinajstić information content (AvgIpc) is 2.77. The van der Waals surface area contributed by atoms with E-state index in [2.05, 4.69) is 50.1 Å². The van der Waals surface area contributed by atoms with Gasteiger partial charge in [0.25, 0.3) is 5.91 Å². The van der Waals surface area contributed by atoms with Crippen molar-refractivity contribution in [2.75, 3.05) is 40.3 Å². The van der Waals surface area contributed by atoms with E-state index in [1.807, 2.05) is 24.3 Å². The van der Waals surface area contributed by atoms with Crippen LogP contribution in [0.25, 0.3) is 0 Å². The van der Waals surface area contributed by atoms with E-state index in [0.29, 0.717) is 5.56 Å².